The maximum Gasteiger partial charge on any atom is 0.261 e. The summed E-state index contributed by atoms with van der Waals surface area (Å²) < 4.78 is 0. The van der Waals surface area contributed by atoms with Crippen LogP contribution in [0, 0.1) is 5.92 Å². The van der Waals surface area contributed by atoms with Gasteiger partial charge in [-0.05, 0) is 69.3 Å². The number of fused-ring (bicyclic) bond motifs is 1. The van der Waals surface area contributed by atoms with Crippen LogP contribution < -0.4 is 5.32 Å². The van der Waals surface area contributed by atoms with Crippen LogP contribution in [-0.2, 0) is 0 Å². The largest absolute Gasteiger partial charge is 0.352 e. The third-order valence-corrected chi connectivity index (χ3v) is 5.90. The lowest BCUT2D eigenvalue weighted by atomic mass is 10.0. The number of nitrogens with one attached hydrogen (secondary N) is 1. The number of imide groups is 1. The van der Waals surface area contributed by atoms with E-state index in [4.69, 9.17) is 0 Å². The second kappa shape index (κ2) is 10.0. The minimum absolute atomic E-state index is 0.188. The fraction of sp³-hybridized carbons (Fsp3) is 0.609. The number of amides is 3. The number of nitrogens with zero attached hydrogens (tertiary/aromatic N) is 2. The van der Waals surface area contributed by atoms with Gasteiger partial charge in [-0.15, -0.1) is 0 Å². The summed E-state index contributed by atoms with van der Waals surface area (Å²) in [5.74, 6) is 0.0590. The van der Waals surface area contributed by atoms with Crippen LogP contribution in [0.25, 0.3) is 0 Å². The van der Waals surface area contributed by atoms with Crippen LogP contribution in [0.5, 0.6) is 0 Å². The van der Waals surface area contributed by atoms with Gasteiger partial charge < -0.3 is 10.2 Å². The molecule has 29 heavy (non-hydrogen) atoms. The van der Waals surface area contributed by atoms with E-state index < -0.39 is 0 Å². The predicted molar refractivity (Wildman–Crippen MR) is 113 cm³/mol. The average Bonchev–Trinajstić information content (AvgIpc) is 2.95. The zero-order valence-electron chi connectivity index (χ0n) is 17.7. The smallest absolute Gasteiger partial charge is 0.261 e. The summed E-state index contributed by atoms with van der Waals surface area (Å²) in [7, 11) is 0. The fourth-order valence-electron chi connectivity index (χ4n) is 4.21. The van der Waals surface area contributed by atoms with Gasteiger partial charge in [0, 0.05) is 25.2 Å². The number of carbonyl (C=O) groups is 3. The first kappa shape index (κ1) is 21.5. The molecule has 158 valence electrons. The van der Waals surface area contributed by atoms with Crippen LogP contribution in [0.1, 0.15) is 83.4 Å². The number of benzene rings is 1. The van der Waals surface area contributed by atoms with Crippen LogP contribution in [-0.4, -0.2) is 60.2 Å². The quantitative estimate of drug-likeness (QED) is 0.511. The second-order valence-corrected chi connectivity index (χ2v) is 8.39. The van der Waals surface area contributed by atoms with Gasteiger partial charge in [-0.3, -0.25) is 19.3 Å². The number of hydrogen-bond donors (Lipinski definition) is 1. The predicted octanol–water partition coefficient (Wildman–Crippen LogP) is 3.32. The Bertz CT molecular complexity index is 762. The molecule has 0 aliphatic carbocycles. The summed E-state index contributed by atoms with van der Waals surface area (Å²) in [5, 5.41) is 2.94. The Morgan fingerprint density at radius 2 is 1.90 bits per heavy atom. The minimum atomic E-state index is -0.288. The van der Waals surface area contributed by atoms with Crippen LogP contribution in [0.3, 0.4) is 0 Å². The van der Waals surface area contributed by atoms with E-state index in [0.29, 0.717) is 29.8 Å². The van der Waals surface area contributed by atoms with E-state index in [1.54, 1.807) is 18.2 Å². The molecular formula is C23H33N3O3. The Morgan fingerprint density at radius 3 is 2.66 bits per heavy atom. The lowest BCUT2D eigenvalue weighted by Crippen LogP contribution is -2.35. The molecule has 3 rings (SSSR count). The van der Waals surface area contributed by atoms with Crippen LogP contribution in [0.15, 0.2) is 18.2 Å². The van der Waals surface area contributed by atoms with Crippen molar-refractivity contribution < 1.29 is 14.4 Å². The molecule has 2 aliphatic rings. The molecule has 2 aliphatic heterocycles. The van der Waals surface area contributed by atoms with Crippen molar-refractivity contribution in [3.05, 3.63) is 34.9 Å². The van der Waals surface area contributed by atoms with Crippen LogP contribution in [0.4, 0.5) is 0 Å². The van der Waals surface area contributed by atoms with E-state index in [-0.39, 0.29) is 17.7 Å². The molecule has 1 unspecified atom stereocenters. The second-order valence-electron chi connectivity index (χ2n) is 8.39. The van der Waals surface area contributed by atoms with Gasteiger partial charge in [0.1, 0.15) is 0 Å². The highest BCUT2D eigenvalue weighted by atomic mass is 16.2. The molecule has 1 saturated heterocycles. The van der Waals surface area contributed by atoms with Crippen molar-refractivity contribution >= 4 is 17.7 Å². The van der Waals surface area contributed by atoms with Gasteiger partial charge in [0.05, 0.1) is 11.1 Å². The fourth-order valence-corrected chi connectivity index (χ4v) is 4.21. The standard InChI is InChI=1S/C23H33N3O3/c1-3-4-14-26-22(28)19-10-9-18(15-20(19)23(26)29)21(27)24-11-5-6-12-25-13-7-8-17(2)16-25/h9-10,15,17H,3-8,11-14,16H2,1-2H3,(H,24,27). The molecule has 1 aromatic carbocycles. The Labute approximate surface area is 173 Å². The SMILES string of the molecule is CCCCN1C(=O)c2ccc(C(=O)NCCCCN3CCCC(C)C3)cc2C1=O. The van der Waals surface area contributed by atoms with Crippen molar-refractivity contribution in [2.45, 2.75) is 52.4 Å². The lowest BCUT2D eigenvalue weighted by molar-refractivity contribution is 0.0652. The van der Waals surface area contributed by atoms with Crippen LogP contribution >= 0.6 is 0 Å². The number of likely N-dealkylation sites (tertiary alicyclic amines) is 1. The number of hydrogen-bond acceptors (Lipinski definition) is 4. The Balaban J connectivity index is 1.47. The maximum absolute atomic E-state index is 12.5. The Kier molecular flexibility index (Phi) is 7.42. The summed E-state index contributed by atoms with van der Waals surface area (Å²) in [4.78, 5) is 41.2. The number of carbonyl (C=O) groups excluding carboxylic acids is 3. The van der Waals surface area contributed by atoms with E-state index in [1.165, 1.54) is 30.8 Å². The molecule has 2 heterocycles. The molecule has 0 saturated carbocycles. The van der Waals surface area contributed by atoms with Crippen molar-refractivity contribution in [3.63, 3.8) is 0 Å². The van der Waals surface area contributed by atoms with Gasteiger partial charge in [0.15, 0.2) is 0 Å². The first-order valence-electron chi connectivity index (χ1n) is 11.0. The Hall–Kier alpha value is -2.21. The highest BCUT2D eigenvalue weighted by Gasteiger charge is 2.35. The average molecular weight is 400 g/mol. The number of unbranched alkanes of at least 4 members (excludes halogenated alkanes) is 2. The van der Waals surface area contributed by atoms with Crippen molar-refractivity contribution in [2.24, 2.45) is 5.92 Å². The summed E-state index contributed by atoms with van der Waals surface area (Å²) in [6, 6.07) is 4.80. The van der Waals surface area contributed by atoms with Gasteiger partial charge in [0.2, 0.25) is 0 Å². The monoisotopic (exact) mass is 399 g/mol. The molecule has 1 aromatic rings. The van der Waals surface area contributed by atoms with E-state index in [2.05, 4.69) is 17.1 Å². The summed E-state index contributed by atoms with van der Waals surface area (Å²) in [6.45, 7) is 8.84. The highest BCUT2D eigenvalue weighted by molar-refractivity contribution is 6.22. The van der Waals surface area contributed by atoms with Gasteiger partial charge >= 0.3 is 0 Å². The van der Waals surface area contributed by atoms with E-state index in [1.807, 2.05) is 6.92 Å². The van der Waals surface area contributed by atoms with Crippen LogP contribution in [0.2, 0.25) is 0 Å². The molecule has 1 fully saturated rings. The van der Waals surface area contributed by atoms with Gasteiger partial charge in [0.25, 0.3) is 17.7 Å². The molecule has 1 atom stereocenters. The summed E-state index contributed by atoms with van der Waals surface area (Å²) in [6.07, 6.45) is 6.32. The minimum Gasteiger partial charge on any atom is -0.352 e. The van der Waals surface area contributed by atoms with Crippen molar-refractivity contribution in [1.29, 1.82) is 0 Å². The molecule has 0 bridgehead atoms. The van der Waals surface area contributed by atoms with E-state index in [9.17, 15) is 14.4 Å². The first-order chi connectivity index (χ1) is 14.0. The zero-order chi connectivity index (χ0) is 20.8. The van der Waals surface area contributed by atoms with Gasteiger partial charge in [-0.2, -0.15) is 0 Å². The molecule has 6 heteroatoms. The lowest BCUT2D eigenvalue weighted by Gasteiger charge is -2.30. The topological polar surface area (TPSA) is 69.7 Å². The molecular weight excluding hydrogens is 366 g/mol. The summed E-state index contributed by atoms with van der Waals surface area (Å²) in [5.41, 5.74) is 1.18. The molecule has 1 N–H and O–H groups in total. The third-order valence-electron chi connectivity index (χ3n) is 5.90. The van der Waals surface area contributed by atoms with Crippen molar-refractivity contribution in [3.8, 4) is 0 Å². The van der Waals surface area contributed by atoms with Gasteiger partial charge in [-0.25, -0.2) is 0 Å². The van der Waals surface area contributed by atoms with Crippen molar-refractivity contribution in [1.82, 2.24) is 15.1 Å². The van der Waals surface area contributed by atoms with E-state index >= 15 is 0 Å². The molecule has 6 nitrogen and oxygen atoms in total. The molecule has 0 aromatic heterocycles. The molecule has 0 radical (unpaired) electrons. The summed E-state index contributed by atoms with van der Waals surface area (Å²) >= 11 is 0. The zero-order valence-corrected chi connectivity index (χ0v) is 17.7. The van der Waals surface area contributed by atoms with E-state index in [0.717, 1.165) is 38.1 Å². The molecule has 3 amide bonds. The first-order valence-corrected chi connectivity index (χ1v) is 11.0. The maximum atomic E-state index is 12.5. The number of piperidine rings is 1. The molecule has 0 spiro atoms. The Morgan fingerprint density at radius 1 is 1.10 bits per heavy atom. The third kappa shape index (κ3) is 5.24. The highest BCUT2D eigenvalue weighted by Crippen LogP contribution is 2.24. The van der Waals surface area contributed by atoms with Crippen molar-refractivity contribution in [2.75, 3.05) is 32.7 Å². The normalized spacial score (nSPS) is 19.5. The van der Waals surface area contributed by atoms with Gasteiger partial charge in [-0.1, -0.05) is 20.3 Å². The number of rotatable bonds is 9.